The van der Waals surface area contributed by atoms with Gasteiger partial charge in [-0.2, -0.15) is 0 Å². The van der Waals surface area contributed by atoms with E-state index in [1.807, 2.05) is 0 Å². The number of amides is 1. The Morgan fingerprint density at radius 2 is 2.00 bits per heavy atom. The van der Waals surface area contributed by atoms with Crippen molar-refractivity contribution in [2.45, 2.75) is 25.9 Å². The third kappa shape index (κ3) is 2.55. The smallest absolute Gasteiger partial charge is 0.257 e. The Morgan fingerprint density at radius 1 is 1.39 bits per heavy atom. The normalized spacial score (nSPS) is 17.0. The number of benzene rings is 1. The number of rotatable bonds is 1. The lowest BCUT2D eigenvalue weighted by atomic mass is 10.1. The molecule has 0 aromatic heterocycles. The minimum Gasteiger partial charge on any atom is -0.338 e. The number of alkyl halides is 1. The lowest BCUT2D eigenvalue weighted by Gasteiger charge is -2.29. The molecule has 2 rings (SSSR count). The van der Waals surface area contributed by atoms with Crippen LogP contribution in [0, 0.1) is 12.7 Å². The number of hydrogen-bond acceptors (Lipinski definition) is 1. The maximum atomic E-state index is 13.8. The van der Waals surface area contributed by atoms with E-state index in [4.69, 9.17) is 0 Å². The first-order chi connectivity index (χ1) is 8.50. The van der Waals surface area contributed by atoms with E-state index >= 15 is 0 Å². The average molecular weight is 318 g/mol. The van der Waals surface area contributed by atoms with Gasteiger partial charge in [-0.05, 0) is 47.3 Å². The first-order valence-electron chi connectivity index (χ1n) is 5.88. The zero-order chi connectivity index (χ0) is 13.3. The minimum absolute atomic E-state index is 0.0484. The van der Waals surface area contributed by atoms with Gasteiger partial charge in [-0.15, -0.1) is 0 Å². The summed E-state index contributed by atoms with van der Waals surface area (Å²) < 4.78 is 27.3. The van der Waals surface area contributed by atoms with Crippen molar-refractivity contribution < 1.29 is 13.6 Å². The van der Waals surface area contributed by atoms with Gasteiger partial charge in [0, 0.05) is 17.6 Å². The molecule has 1 fully saturated rings. The fraction of sp³-hybridized carbons (Fsp3) is 0.462. The summed E-state index contributed by atoms with van der Waals surface area (Å²) in [4.78, 5) is 13.7. The molecular formula is C13H14BrF2NO. The van der Waals surface area contributed by atoms with Crippen LogP contribution in [0.1, 0.15) is 28.8 Å². The predicted octanol–water partition coefficient (Wildman–Crippen LogP) is 3.47. The standard InChI is InChI=1S/C13H14BrF2NO/c1-8-2-3-10(16)11(12(8)14)13(18)17-6-4-9(15)5-7-17/h2-3,9H,4-7H2,1H3. The van der Waals surface area contributed by atoms with Crippen molar-refractivity contribution in [2.24, 2.45) is 0 Å². The van der Waals surface area contributed by atoms with Gasteiger partial charge < -0.3 is 4.90 Å². The lowest BCUT2D eigenvalue weighted by molar-refractivity contribution is 0.0661. The first kappa shape index (κ1) is 13.5. The molecule has 98 valence electrons. The van der Waals surface area contributed by atoms with Gasteiger partial charge in [0.2, 0.25) is 0 Å². The molecule has 5 heteroatoms. The van der Waals surface area contributed by atoms with Crippen LogP contribution in [0.5, 0.6) is 0 Å². The van der Waals surface area contributed by atoms with Crippen LogP contribution >= 0.6 is 15.9 Å². The molecule has 1 amide bonds. The van der Waals surface area contributed by atoms with Gasteiger partial charge in [-0.25, -0.2) is 8.78 Å². The average Bonchev–Trinajstić information content (AvgIpc) is 2.35. The van der Waals surface area contributed by atoms with Gasteiger partial charge in [0.05, 0.1) is 5.56 Å². The summed E-state index contributed by atoms with van der Waals surface area (Å²) in [5, 5.41) is 0. The summed E-state index contributed by atoms with van der Waals surface area (Å²) in [5.74, 6) is -0.908. The molecule has 2 nitrogen and oxygen atoms in total. The van der Waals surface area contributed by atoms with Crippen LogP contribution in [0.4, 0.5) is 8.78 Å². The molecule has 0 N–H and O–H groups in total. The summed E-state index contributed by atoms with van der Waals surface area (Å²) >= 11 is 3.25. The quantitative estimate of drug-likeness (QED) is 0.776. The van der Waals surface area contributed by atoms with Crippen molar-refractivity contribution >= 4 is 21.8 Å². The third-order valence-corrected chi connectivity index (χ3v) is 4.23. The highest BCUT2D eigenvalue weighted by atomic mass is 79.9. The van der Waals surface area contributed by atoms with Crippen molar-refractivity contribution in [3.8, 4) is 0 Å². The molecule has 1 saturated heterocycles. The van der Waals surface area contributed by atoms with E-state index in [1.165, 1.54) is 11.0 Å². The van der Waals surface area contributed by atoms with Crippen molar-refractivity contribution in [3.05, 3.63) is 33.5 Å². The molecule has 1 aromatic rings. The highest BCUT2D eigenvalue weighted by Gasteiger charge is 2.26. The van der Waals surface area contributed by atoms with Gasteiger partial charge in [-0.3, -0.25) is 4.79 Å². The van der Waals surface area contributed by atoms with Crippen LogP contribution in [0.25, 0.3) is 0 Å². The SMILES string of the molecule is Cc1ccc(F)c(C(=O)N2CCC(F)CC2)c1Br. The van der Waals surface area contributed by atoms with Crippen molar-refractivity contribution in [3.63, 3.8) is 0 Å². The van der Waals surface area contributed by atoms with Gasteiger partial charge in [0.1, 0.15) is 12.0 Å². The van der Waals surface area contributed by atoms with Crippen molar-refractivity contribution in [1.29, 1.82) is 0 Å². The van der Waals surface area contributed by atoms with Crippen LogP contribution in [-0.2, 0) is 0 Å². The third-order valence-electron chi connectivity index (χ3n) is 3.21. The molecule has 0 saturated carbocycles. The Bertz CT molecular complexity index is 470. The summed E-state index contributed by atoms with van der Waals surface area (Å²) in [6, 6.07) is 2.90. The summed E-state index contributed by atoms with van der Waals surface area (Å²) in [5.41, 5.74) is 0.854. The van der Waals surface area contributed by atoms with E-state index in [2.05, 4.69) is 15.9 Å². The molecule has 0 bridgehead atoms. The summed E-state index contributed by atoms with van der Waals surface area (Å²) in [7, 11) is 0. The molecule has 0 radical (unpaired) electrons. The number of piperidine rings is 1. The number of carbonyl (C=O) groups excluding carboxylic acids is 1. The van der Waals surface area contributed by atoms with Gasteiger partial charge in [-0.1, -0.05) is 6.07 Å². The molecule has 1 aliphatic rings. The number of hydrogen-bond donors (Lipinski definition) is 0. The molecule has 0 unspecified atom stereocenters. The van der Waals surface area contributed by atoms with E-state index in [0.717, 1.165) is 5.56 Å². The van der Waals surface area contributed by atoms with Gasteiger partial charge >= 0.3 is 0 Å². The maximum Gasteiger partial charge on any atom is 0.257 e. The number of halogens is 3. The molecule has 0 atom stereocenters. The number of aryl methyl sites for hydroxylation is 1. The van der Waals surface area contributed by atoms with Gasteiger partial charge in [0.15, 0.2) is 0 Å². The Kier molecular flexibility index (Phi) is 4.00. The van der Waals surface area contributed by atoms with Crippen LogP contribution in [0.2, 0.25) is 0 Å². The zero-order valence-corrected chi connectivity index (χ0v) is 11.6. The minimum atomic E-state index is -0.847. The topological polar surface area (TPSA) is 20.3 Å². The lowest BCUT2D eigenvalue weighted by Crippen LogP contribution is -2.39. The molecule has 0 aliphatic carbocycles. The second-order valence-corrected chi connectivity index (χ2v) is 5.31. The molecule has 1 heterocycles. The Labute approximate surface area is 113 Å². The molecule has 1 aliphatic heterocycles. The monoisotopic (exact) mass is 317 g/mol. The fourth-order valence-electron chi connectivity index (χ4n) is 2.06. The first-order valence-corrected chi connectivity index (χ1v) is 6.68. The van der Waals surface area contributed by atoms with E-state index in [-0.39, 0.29) is 11.5 Å². The Morgan fingerprint density at radius 3 is 2.61 bits per heavy atom. The number of carbonyl (C=O) groups is 1. The summed E-state index contributed by atoms with van der Waals surface area (Å²) in [6.45, 7) is 2.49. The number of likely N-dealkylation sites (tertiary alicyclic amines) is 1. The van der Waals surface area contributed by atoms with E-state index in [0.29, 0.717) is 30.4 Å². The Hall–Kier alpha value is -0.970. The van der Waals surface area contributed by atoms with Crippen LogP contribution in [-0.4, -0.2) is 30.1 Å². The predicted molar refractivity (Wildman–Crippen MR) is 68.9 cm³/mol. The van der Waals surface area contributed by atoms with Crippen LogP contribution < -0.4 is 0 Å². The van der Waals surface area contributed by atoms with Crippen LogP contribution in [0.15, 0.2) is 16.6 Å². The molecular weight excluding hydrogens is 304 g/mol. The fourth-order valence-corrected chi connectivity index (χ4v) is 2.55. The zero-order valence-electron chi connectivity index (χ0n) is 10.0. The summed E-state index contributed by atoms with van der Waals surface area (Å²) in [6.07, 6.45) is -0.187. The second kappa shape index (κ2) is 5.34. The second-order valence-electron chi connectivity index (χ2n) is 4.52. The molecule has 18 heavy (non-hydrogen) atoms. The van der Waals surface area contributed by atoms with E-state index in [1.54, 1.807) is 13.0 Å². The maximum absolute atomic E-state index is 13.8. The highest BCUT2D eigenvalue weighted by molar-refractivity contribution is 9.10. The van der Waals surface area contributed by atoms with Gasteiger partial charge in [0.25, 0.3) is 5.91 Å². The molecule has 1 aromatic carbocycles. The van der Waals surface area contributed by atoms with Crippen molar-refractivity contribution in [1.82, 2.24) is 4.90 Å². The van der Waals surface area contributed by atoms with E-state index in [9.17, 15) is 13.6 Å². The van der Waals surface area contributed by atoms with Crippen molar-refractivity contribution in [2.75, 3.05) is 13.1 Å². The largest absolute Gasteiger partial charge is 0.338 e. The highest BCUT2D eigenvalue weighted by Crippen LogP contribution is 2.26. The Balaban J connectivity index is 2.26. The number of nitrogens with zero attached hydrogens (tertiary/aromatic N) is 1. The van der Waals surface area contributed by atoms with Crippen LogP contribution in [0.3, 0.4) is 0 Å². The van der Waals surface area contributed by atoms with E-state index < -0.39 is 12.0 Å². The molecule has 0 spiro atoms.